The second-order valence-corrected chi connectivity index (χ2v) is 8.01. The molecule has 29 heavy (non-hydrogen) atoms. The molecule has 156 valence electrons. The summed E-state index contributed by atoms with van der Waals surface area (Å²) in [7, 11) is 0. The fourth-order valence-electron chi connectivity index (χ4n) is 3.34. The van der Waals surface area contributed by atoms with Crippen molar-refractivity contribution >= 4 is 17.5 Å². The van der Waals surface area contributed by atoms with E-state index in [4.69, 9.17) is 0 Å². The highest BCUT2D eigenvalue weighted by atomic mass is 16.2. The summed E-state index contributed by atoms with van der Waals surface area (Å²) in [5, 5.41) is 5.92. The van der Waals surface area contributed by atoms with Crippen molar-refractivity contribution in [1.82, 2.24) is 5.32 Å². The van der Waals surface area contributed by atoms with E-state index in [0.717, 1.165) is 29.7 Å². The molecule has 0 heterocycles. The molecule has 0 aliphatic rings. The third-order valence-electron chi connectivity index (χ3n) is 5.07. The van der Waals surface area contributed by atoms with Crippen LogP contribution < -0.4 is 10.6 Å². The van der Waals surface area contributed by atoms with Crippen LogP contribution in [-0.2, 0) is 22.4 Å². The van der Waals surface area contributed by atoms with E-state index in [2.05, 4.69) is 43.5 Å². The highest BCUT2D eigenvalue weighted by Crippen LogP contribution is 2.18. The molecule has 4 heteroatoms. The molecule has 2 aromatic carbocycles. The second-order valence-electron chi connectivity index (χ2n) is 8.01. The zero-order valence-corrected chi connectivity index (χ0v) is 18.1. The Morgan fingerprint density at radius 2 is 1.66 bits per heavy atom. The van der Waals surface area contributed by atoms with Gasteiger partial charge in [-0.15, -0.1) is 0 Å². The van der Waals surface area contributed by atoms with Gasteiger partial charge < -0.3 is 10.6 Å². The van der Waals surface area contributed by atoms with Crippen LogP contribution in [0.4, 0.5) is 5.69 Å². The first-order valence-electron chi connectivity index (χ1n) is 10.6. The van der Waals surface area contributed by atoms with Gasteiger partial charge in [0.15, 0.2) is 0 Å². The van der Waals surface area contributed by atoms with E-state index in [1.807, 2.05) is 43.3 Å². The minimum atomic E-state index is -0.201. The Labute approximate surface area is 175 Å². The third-order valence-corrected chi connectivity index (χ3v) is 5.07. The van der Waals surface area contributed by atoms with Gasteiger partial charge in [-0.25, -0.2) is 0 Å². The molecule has 2 N–H and O–H groups in total. The topological polar surface area (TPSA) is 58.2 Å². The summed E-state index contributed by atoms with van der Waals surface area (Å²) in [6.07, 6.45) is 2.93. The third kappa shape index (κ3) is 7.37. The van der Waals surface area contributed by atoms with Gasteiger partial charge in [-0.2, -0.15) is 0 Å². The van der Waals surface area contributed by atoms with Gasteiger partial charge in [-0.1, -0.05) is 63.2 Å². The number of carbonyl (C=O) groups is 2. The average molecular weight is 395 g/mol. The van der Waals surface area contributed by atoms with Gasteiger partial charge in [0.1, 0.15) is 0 Å². The van der Waals surface area contributed by atoms with Gasteiger partial charge in [0.05, 0.1) is 5.92 Å². The molecule has 0 aliphatic heterocycles. The Balaban J connectivity index is 1.74. The van der Waals surface area contributed by atoms with Gasteiger partial charge in [0, 0.05) is 18.7 Å². The Bertz CT molecular complexity index is 797. The lowest BCUT2D eigenvalue weighted by Gasteiger charge is -2.14. The highest BCUT2D eigenvalue weighted by Gasteiger charge is 2.15. The average Bonchev–Trinajstić information content (AvgIpc) is 2.71. The molecule has 1 atom stereocenters. The molecule has 2 amide bonds. The number of hydrogen-bond donors (Lipinski definition) is 2. The molecule has 0 aromatic heterocycles. The molecule has 0 saturated heterocycles. The number of nitrogens with one attached hydrogen (secondary N) is 2. The zero-order chi connectivity index (χ0) is 21.2. The molecular formula is C25H34N2O2. The maximum Gasteiger partial charge on any atom is 0.227 e. The smallest absolute Gasteiger partial charge is 0.227 e. The van der Waals surface area contributed by atoms with E-state index in [1.165, 1.54) is 5.56 Å². The van der Waals surface area contributed by atoms with Crippen molar-refractivity contribution in [3.8, 4) is 0 Å². The van der Waals surface area contributed by atoms with Crippen LogP contribution in [0.1, 0.15) is 63.1 Å². The minimum absolute atomic E-state index is 0.00153. The summed E-state index contributed by atoms with van der Waals surface area (Å²) in [6.45, 7) is 8.89. The van der Waals surface area contributed by atoms with Crippen LogP contribution in [0.25, 0.3) is 0 Å². The lowest BCUT2D eigenvalue weighted by atomic mass is 9.96. The largest absolute Gasteiger partial charge is 0.356 e. The Morgan fingerprint density at radius 3 is 2.31 bits per heavy atom. The molecule has 0 spiro atoms. The summed E-state index contributed by atoms with van der Waals surface area (Å²) >= 11 is 0. The Hall–Kier alpha value is -2.62. The summed E-state index contributed by atoms with van der Waals surface area (Å²) in [5.41, 5.74) is 4.32. The van der Waals surface area contributed by atoms with E-state index >= 15 is 0 Å². The highest BCUT2D eigenvalue weighted by molar-refractivity contribution is 5.91. The normalized spacial score (nSPS) is 11.9. The number of aryl methyl sites for hydroxylation is 1. The van der Waals surface area contributed by atoms with Gasteiger partial charge in [0.25, 0.3) is 0 Å². The number of rotatable bonds is 10. The first-order chi connectivity index (χ1) is 13.9. The van der Waals surface area contributed by atoms with Crippen LogP contribution in [-0.4, -0.2) is 18.4 Å². The van der Waals surface area contributed by atoms with E-state index in [1.54, 1.807) is 0 Å². The van der Waals surface area contributed by atoms with Crippen LogP contribution >= 0.6 is 0 Å². The molecule has 2 aromatic rings. The fourth-order valence-corrected chi connectivity index (χ4v) is 3.34. The summed E-state index contributed by atoms with van der Waals surface area (Å²) < 4.78 is 0. The van der Waals surface area contributed by atoms with E-state index in [9.17, 15) is 9.59 Å². The molecule has 0 bridgehead atoms. The predicted molar refractivity (Wildman–Crippen MR) is 120 cm³/mol. The number of anilines is 1. The van der Waals surface area contributed by atoms with Crippen molar-refractivity contribution in [3.05, 3.63) is 65.2 Å². The van der Waals surface area contributed by atoms with Gasteiger partial charge in [-0.3, -0.25) is 9.59 Å². The maximum atomic E-state index is 12.4. The molecule has 0 saturated carbocycles. The van der Waals surface area contributed by atoms with Crippen LogP contribution in [0.3, 0.4) is 0 Å². The van der Waals surface area contributed by atoms with Crippen LogP contribution in [0.5, 0.6) is 0 Å². The monoisotopic (exact) mass is 394 g/mol. The van der Waals surface area contributed by atoms with Crippen LogP contribution in [0.15, 0.2) is 48.5 Å². The zero-order valence-electron chi connectivity index (χ0n) is 18.1. The lowest BCUT2D eigenvalue weighted by molar-refractivity contribution is -0.122. The molecule has 1 unspecified atom stereocenters. The van der Waals surface area contributed by atoms with Crippen molar-refractivity contribution in [2.45, 2.75) is 59.3 Å². The summed E-state index contributed by atoms with van der Waals surface area (Å²) in [6, 6.07) is 16.1. The quantitative estimate of drug-likeness (QED) is 0.552. The fraction of sp³-hybridized carbons (Fsp3) is 0.440. The van der Waals surface area contributed by atoms with Crippen molar-refractivity contribution in [2.75, 3.05) is 11.9 Å². The van der Waals surface area contributed by atoms with Crippen molar-refractivity contribution in [2.24, 2.45) is 5.92 Å². The van der Waals surface area contributed by atoms with Crippen molar-refractivity contribution in [1.29, 1.82) is 0 Å². The van der Waals surface area contributed by atoms with Crippen molar-refractivity contribution < 1.29 is 9.59 Å². The molecule has 0 aliphatic carbocycles. The van der Waals surface area contributed by atoms with E-state index in [0.29, 0.717) is 25.3 Å². The number of benzene rings is 2. The summed E-state index contributed by atoms with van der Waals surface area (Å²) in [4.78, 5) is 24.6. The second kappa shape index (κ2) is 11.4. The van der Waals surface area contributed by atoms with Crippen LogP contribution in [0.2, 0.25) is 0 Å². The summed E-state index contributed by atoms with van der Waals surface area (Å²) in [5.74, 6) is 0.398. The molecule has 2 rings (SSSR count). The first kappa shape index (κ1) is 22.7. The standard InChI is InChI=1S/C25H34N2O2/c1-5-21-9-6-7-10-23(21)27-24(28)11-8-16-26-25(29)19(4)22-14-12-20(13-15-22)17-18(2)3/h6-7,9-10,12-15,18-19H,5,8,11,16-17H2,1-4H3,(H,26,29)(H,27,28). The van der Waals surface area contributed by atoms with E-state index in [-0.39, 0.29) is 17.7 Å². The molecular weight excluding hydrogens is 360 g/mol. The Morgan fingerprint density at radius 1 is 0.966 bits per heavy atom. The maximum absolute atomic E-state index is 12.4. The molecule has 0 fully saturated rings. The Kier molecular flexibility index (Phi) is 8.91. The lowest BCUT2D eigenvalue weighted by Crippen LogP contribution is -2.29. The number of para-hydroxylation sites is 1. The number of carbonyl (C=O) groups excluding carboxylic acids is 2. The van der Waals surface area contributed by atoms with Gasteiger partial charge in [0.2, 0.25) is 11.8 Å². The minimum Gasteiger partial charge on any atom is -0.356 e. The van der Waals surface area contributed by atoms with Gasteiger partial charge >= 0.3 is 0 Å². The van der Waals surface area contributed by atoms with Crippen molar-refractivity contribution in [3.63, 3.8) is 0 Å². The van der Waals surface area contributed by atoms with Gasteiger partial charge in [-0.05, 0) is 54.9 Å². The number of hydrogen-bond acceptors (Lipinski definition) is 2. The van der Waals surface area contributed by atoms with E-state index < -0.39 is 0 Å². The SMILES string of the molecule is CCc1ccccc1NC(=O)CCCNC(=O)C(C)c1ccc(CC(C)C)cc1. The molecule has 0 radical (unpaired) electrons. The number of amides is 2. The predicted octanol–water partition coefficient (Wildman–Crippen LogP) is 5.09. The van der Waals surface area contributed by atoms with Crippen LogP contribution in [0, 0.1) is 5.92 Å². The first-order valence-corrected chi connectivity index (χ1v) is 10.6. The molecule has 4 nitrogen and oxygen atoms in total.